The number of rotatable bonds is 3. The van der Waals surface area contributed by atoms with Gasteiger partial charge in [-0.2, -0.15) is 5.10 Å². The minimum Gasteiger partial charge on any atom is -0.323 e. The molecule has 2 rings (SSSR count). The Hall–Kier alpha value is -1.88. The number of nitrogens with zero attached hydrogens (tertiary/aromatic N) is 3. The van der Waals surface area contributed by atoms with Gasteiger partial charge in [-0.15, -0.1) is 0 Å². The maximum atomic E-state index is 11.6. The fourth-order valence-electron chi connectivity index (χ4n) is 1.21. The van der Waals surface area contributed by atoms with Crippen LogP contribution in [0.15, 0.2) is 36.9 Å². The van der Waals surface area contributed by atoms with E-state index in [2.05, 4.69) is 15.4 Å². The molecule has 1 amide bonds. The van der Waals surface area contributed by atoms with Crippen LogP contribution in [0.1, 0.15) is 0 Å². The summed E-state index contributed by atoms with van der Waals surface area (Å²) in [4.78, 5) is 15.3. The van der Waals surface area contributed by atoms with Crippen molar-refractivity contribution in [3.05, 3.63) is 41.9 Å². The molecule has 0 spiro atoms. The van der Waals surface area contributed by atoms with Gasteiger partial charge in [-0.1, -0.05) is 23.7 Å². The molecule has 0 saturated carbocycles. The largest absolute Gasteiger partial charge is 0.323 e. The number of halogens is 1. The second-order valence-electron chi connectivity index (χ2n) is 3.12. The zero-order valence-electron chi connectivity index (χ0n) is 8.30. The van der Waals surface area contributed by atoms with E-state index in [1.54, 1.807) is 24.3 Å². The van der Waals surface area contributed by atoms with E-state index in [1.807, 2.05) is 0 Å². The summed E-state index contributed by atoms with van der Waals surface area (Å²) in [7, 11) is 0. The molecule has 0 unspecified atom stereocenters. The average molecular weight is 237 g/mol. The predicted octanol–water partition coefficient (Wildman–Crippen LogP) is 1.57. The number of hydrogen-bond acceptors (Lipinski definition) is 3. The van der Waals surface area contributed by atoms with Crippen LogP contribution in [0.5, 0.6) is 0 Å². The van der Waals surface area contributed by atoms with Gasteiger partial charge in [0.2, 0.25) is 5.91 Å². The number of carbonyl (C=O) groups is 1. The third-order valence-corrected chi connectivity index (χ3v) is 2.25. The standard InChI is InChI=1S/C10H9ClN4O/c11-8-3-1-2-4-9(8)14-10(16)5-15-7-12-6-13-15/h1-4,6-7H,5H2,(H,14,16). The van der Waals surface area contributed by atoms with Crippen LogP contribution >= 0.6 is 11.6 Å². The van der Waals surface area contributed by atoms with E-state index in [0.717, 1.165) is 0 Å². The van der Waals surface area contributed by atoms with Gasteiger partial charge in [0.1, 0.15) is 19.2 Å². The maximum Gasteiger partial charge on any atom is 0.246 e. The summed E-state index contributed by atoms with van der Waals surface area (Å²) in [6.45, 7) is 0.116. The Morgan fingerprint density at radius 3 is 2.94 bits per heavy atom. The van der Waals surface area contributed by atoms with Gasteiger partial charge in [-0.25, -0.2) is 9.67 Å². The van der Waals surface area contributed by atoms with Gasteiger partial charge in [-0.05, 0) is 12.1 Å². The van der Waals surface area contributed by atoms with Crippen LogP contribution in [0, 0.1) is 0 Å². The molecule has 82 valence electrons. The minimum absolute atomic E-state index is 0.116. The van der Waals surface area contributed by atoms with Crippen molar-refractivity contribution in [2.75, 3.05) is 5.32 Å². The van der Waals surface area contributed by atoms with Gasteiger partial charge in [0.15, 0.2) is 0 Å². The molecule has 1 aromatic carbocycles. The van der Waals surface area contributed by atoms with E-state index in [4.69, 9.17) is 11.6 Å². The average Bonchev–Trinajstić information content (AvgIpc) is 2.74. The third-order valence-electron chi connectivity index (χ3n) is 1.92. The number of nitrogens with one attached hydrogen (secondary N) is 1. The lowest BCUT2D eigenvalue weighted by Gasteiger charge is -2.06. The molecular formula is C10H9ClN4O. The van der Waals surface area contributed by atoms with E-state index in [-0.39, 0.29) is 12.5 Å². The first-order chi connectivity index (χ1) is 7.75. The molecule has 5 nitrogen and oxygen atoms in total. The van der Waals surface area contributed by atoms with E-state index in [1.165, 1.54) is 17.3 Å². The number of anilines is 1. The fourth-order valence-corrected chi connectivity index (χ4v) is 1.40. The molecule has 16 heavy (non-hydrogen) atoms. The van der Waals surface area contributed by atoms with Crippen molar-refractivity contribution < 1.29 is 4.79 Å². The zero-order chi connectivity index (χ0) is 11.4. The van der Waals surface area contributed by atoms with Crippen molar-refractivity contribution >= 4 is 23.2 Å². The normalized spacial score (nSPS) is 10.1. The Bertz CT molecular complexity index is 483. The van der Waals surface area contributed by atoms with Gasteiger partial charge < -0.3 is 5.32 Å². The maximum absolute atomic E-state index is 11.6. The Morgan fingerprint density at radius 1 is 1.44 bits per heavy atom. The number of aromatic nitrogens is 3. The van der Waals surface area contributed by atoms with E-state index >= 15 is 0 Å². The number of amides is 1. The lowest BCUT2D eigenvalue weighted by molar-refractivity contribution is -0.116. The first-order valence-electron chi connectivity index (χ1n) is 4.62. The van der Waals surface area contributed by atoms with Crippen molar-refractivity contribution in [1.82, 2.24) is 14.8 Å². The number of hydrogen-bond donors (Lipinski definition) is 1. The molecule has 1 heterocycles. The number of carbonyl (C=O) groups excluding carboxylic acids is 1. The van der Waals surface area contributed by atoms with E-state index in [0.29, 0.717) is 10.7 Å². The molecule has 0 bridgehead atoms. The molecule has 0 fully saturated rings. The highest BCUT2D eigenvalue weighted by Gasteiger charge is 2.05. The van der Waals surface area contributed by atoms with Crippen molar-refractivity contribution in [2.24, 2.45) is 0 Å². The van der Waals surface area contributed by atoms with Crippen LogP contribution in [0.3, 0.4) is 0 Å². The van der Waals surface area contributed by atoms with Crippen molar-refractivity contribution in [2.45, 2.75) is 6.54 Å². The Labute approximate surface area is 97.1 Å². The topological polar surface area (TPSA) is 59.8 Å². The first kappa shape index (κ1) is 10.6. The van der Waals surface area contributed by atoms with Gasteiger partial charge >= 0.3 is 0 Å². The summed E-state index contributed by atoms with van der Waals surface area (Å²) in [6, 6.07) is 7.06. The first-order valence-corrected chi connectivity index (χ1v) is 5.00. The van der Waals surface area contributed by atoms with Gasteiger partial charge in [-0.3, -0.25) is 4.79 Å². The van der Waals surface area contributed by atoms with Crippen LogP contribution < -0.4 is 5.32 Å². The lowest BCUT2D eigenvalue weighted by Crippen LogP contribution is -2.19. The summed E-state index contributed by atoms with van der Waals surface area (Å²) >= 11 is 5.90. The van der Waals surface area contributed by atoms with Gasteiger partial charge in [0.25, 0.3) is 0 Å². The number of benzene rings is 1. The molecule has 2 aromatic rings. The second kappa shape index (κ2) is 4.76. The highest BCUT2D eigenvalue weighted by atomic mass is 35.5. The highest BCUT2D eigenvalue weighted by Crippen LogP contribution is 2.20. The highest BCUT2D eigenvalue weighted by molar-refractivity contribution is 6.33. The summed E-state index contributed by atoms with van der Waals surface area (Å²) in [5.74, 6) is -0.196. The van der Waals surface area contributed by atoms with Crippen molar-refractivity contribution in [3.8, 4) is 0 Å². The smallest absolute Gasteiger partial charge is 0.246 e. The second-order valence-corrected chi connectivity index (χ2v) is 3.53. The Kier molecular flexibility index (Phi) is 3.16. The molecule has 0 radical (unpaired) electrons. The van der Waals surface area contributed by atoms with Crippen LogP contribution in [-0.2, 0) is 11.3 Å². The molecule has 0 aliphatic heterocycles. The Balaban J connectivity index is 2.00. The van der Waals surface area contributed by atoms with Crippen LogP contribution in [-0.4, -0.2) is 20.7 Å². The van der Waals surface area contributed by atoms with Crippen molar-refractivity contribution in [3.63, 3.8) is 0 Å². The molecule has 1 N–H and O–H groups in total. The van der Waals surface area contributed by atoms with E-state index in [9.17, 15) is 4.79 Å². The van der Waals surface area contributed by atoms with E-state index < -0.39 is 0 Å². The molecule has 0 atom stereocenters. The lowest BCUT2D eigenvalue weighted by atomic mass is 10.3. The quantitative estimate of drug-likeness (QED) is 0.880. The molecule has 0 aliphatic carbocycles. The van der Waals surface area contributed by atoms with Crippen LogP contribution in [0.4, 0.5) is 5.69 Å². The summed E-state index contributed by atoms with van der Waals surface area (Å²) in [6.07, 6.45) is 2.86. The summed E-state index contributed by atoms with van der Waals surface area (Å²) in [5, 5.41) is 7.03. The molecule has 1 aromatic heterocycles. The van der Waals surface area contributed by atoms with Crippen molar-refractivity contribution in [1.29, 1.82) is 0 Å². The Morgan fingerprint density at radius 2 is 2.25 bits per heavy atom. The SMILES string of the molecule is O=C(Cn1cncn1)Nc1ccccc1Cl. The minimum atomic E-state index is -0.196. The van der Waals surface area contributed by atoms with Gasteiger partial charge in [0, 0.05) is 0 Å². The van der Waals surface area contributed by atoms with Crippen LogP contribution in [0.25, 0.3) is 0 Å². The molecule has 0 saturated heterocycles. The molecule has 6 heteroatoms. The zero-order valence-corrected chi connectivity index (χ0v) is 9.05. The monoisotopic (exact) mass is 236 g/mol. The predicted molar refractivity (Wildman–Crippen MR) is 60.1 cm³/mol. The van der Waals surface area contributed by atoms with Crippen LogP contribution in [0.2, 0.25) is 5.02 Å². The molecular weight excluding hydrogens is 228 g/mol. The summed E-state index contributed by atoms with van der Waals surface area (Å²) < 4.78 is 1.44. The fraction of sp³-hybridized carbons (Fsp3) is 0.100. The molecule has 0 aliphatic rings. The van der Waals surface area contributed by atoms with Gasteiger partial charge in [0.05, 0.1) is 10.7 Å². The third kappa shape index (κ3) is 2.58. The number of para-hydroxylation sites is 1. The summed E-state index contributed by atoms with van der Waals surface area (Å²) in [5.41, 5.74) is 0.592.